The van der Waals surface area contributed by atoms with Crippen molar-refractivity contribution in [3.8, 4) is 5.75 Å². The number of piperazine rings is 1. The second-order valence-corrected chi connectivity index (χ2v) is 6.58. The normalized spacial score (nSPS) is 15.5. The minimum absolute atomic E-state index is 0.364. The van der Waals surface area contributed by atoms with Crippen LogP contribution in [0.5, 0.6) is 5.75 Å². The molecule has 1 aliphatic heterocycles. The summed E-state index contributed by atoms with van der Waals surface area (Å²) in [6.45, 7) is 7.33. The first-order chi connectivity index (χ1) is 11.6. The molecule has 1 fully saturated rings. The Hall–Kier alpha value is -1.56. The summed E-state index contributed by atoms with van der Waals surface area (Å²) in [5.74, 6) is 0.920. The van der Waals surface area contributed by atoms with Gasteiger partial charge < -0.3 is 9.64 Å². The monoisotopic (exact) mass is 366 g/mol. The molecule has 0 spiro atoms. The summed E-state index contributed by atoms with van der Waals surface area (Å²) in [6.07, 6.45) is 0. The summed E-state index contributed by atoms with van der Waals surface area (Å²) < 4.78 is 5.80. The first-order valence-corrected chi connectivity index (χ1v) is 8.73. The van der Waals surface area contributed by atoms with E-state index in [4.69, 9.17) is 27.9 Å². The summed E-state index contributed by atoms with van der Waals surface area (Å²) in [5, 5.41) is 8.39. The molecular formula is C17H20Cl2N4O. The summed E-state index contributed by atoms with van der Waals surface area (Å²) in [6, 6.07) is 9.91. The van der Waals surface area contributed by atoms with Gasteiger partial charge in [-0.05, 0) is 19.1 Å². The predicted octanol–water partition coefficient (Wildman–Crippen LogP) is 3.29. The van der Waals surface area contributed by atoms with Gasteiger partial charge in [0.15, 0.2) is 10.3 Å². The Morgan fingerprint density at radius 1 is 1.04 bits per heavy atom. The average Bonchev–Trinajstić information content (AvgIpc) is 2.59. The number of aryl methyl sites for hydroxylation is 1. The van der Waals surface area contributed by atoms with Crippen LogP contribution in [0.2, 0.25) is 10.3 Å². The van der Waals surface area contributed by atoms with E-state index in [1.165, 1.54) is 5.56 Å². The third-order valence-electron chi connectivity index (χ3n) is 4.11. The van der Waals surface area contributed by atoms with Crippen molar-refractivity contribution in [3.05, 3.63) is 46.2 Å². The molecule has 0 N–H and O–H groups in total. The van der Waals surface area contributed by atoms with E-state index >= 15 is 0 Å². The van der Waals surface area contributed by atoms with Crippen LogP contribution in [-0.2, 0) is 0 Å². The molecule has 0 radical (unpaired) electrons. The van der Waals surface area contributed by atoms with Gasteiger partial charge in [-0.2, -0.15) is 0 Å². The Balaban J connectivity index is 1.45. The molecule has 0 amide bonds. The summed E-state index contributed by atoms with van der Waals surface area (Å²) in [5.41, 5.74) is 2.09. The van der Waals surface area contributed by atoms with E-state index in [0.29, 0.717) is 16.9 Å². The van der Waals surface area contributed by atoms with Crippen molar-refractivity contribution >= 4 is 28.9 Å². The lowest BCUT2D eigenvalue weighted by molar-refractivity contribution is 0.200. The van der Waals surface area contributed by atoms with E-state index in [1.54, 1.807) is 6.07 Å². The van der Waals surface area contributed by atoms with Gasteiger partial charge in [-0.15, -0.1) is 10.2 Å². The predicted molar refractivity (Wildman–Crippen MR) is 97.4 cm³/mol. The molecular weight excluding hydrogens is 347 g/mol. The maximum absolute atomic E-state index is 6.12. The highest BCUT2D eigenvalue weighted by molar-refractivity contribution is 6.33. The molecule has 3 rings (SSSR count). The topological polar surface area (TPSA) is 41.5 Å². The van der Waals surface area contributed by atoms with Crippen LogP contribution in [0, 0.1) is 6.92 Å². The number of benzene rings is 1. The van der Waals surface area contributed by atoms with Gasteiger partial charge in [-0.1, -0.05) is 40.9 Å². The van der Waals surface area contributed by atoms with E-state index in [0.717, 1.165) is 44.2 Å². The highest BCUT2D eigenvalue weighted by atomic mass is 35.5. The van der Waals surface area contributed by atoms with Crippen molar-refractivity contribution in [1.82, 2.24) is 15.1 Å². The number of nitrogens with zero attached hydrogens (tertiary/aromatic N) is 4. The van der Waals surface area contributed by atoms with Crippen LogP contribution >= 0.6 is 23.2 Å². The Morgan fingerprint density at radius 2 is 1.75 bits per heavy atom. The first-order valence-electron chi connectivity index (χ1n) is 7.97. The highest BCUT2D eigenvalue weighted by Gasteiger charge is 2.20. The standard InChI is InChI=1S/C17H20Cl2N4O/c1-13-2-4-14(5-3-13)24-11-10-22-6-8-23(9-7-22)15-12-16(18)20-21-17(15)19/h2-5,12H,6-11H2,1H3. The smallest absolute Gasteiger partial charge is 0.175 e. The molecule has 24 heavy (non-hydrogen) atoms. The number of hydrogen-bond donors (Lipinski definition) is 0. The maximum atomic E-state index is 6.12. The number of ether oxygens (including phenoxy) is 1. The minimum Gasteiger partial charge on any atom is -0.492 e. The number of anilines is 1. The van der Waals surface area contributed by atoms with Gasteiger partial charge in [-0.25, -0.2) is 0 Å². The fourth-order valence-corrected chi connectivity index (χ4v) is 3.06. The number of aromatic nitrogens is 2. The minimum atomic E-state index is 0.364. The Labute approximate surface area is 152 Å². The van der Waals surface area contributed by atoms with Crippen LogP contribution in [0.1, 0.15) is 5.56 Å². The van der Waals surface area contributed by atoms with Gasteiger partial charge >= 0.3 is 0 Å². The van der Waals surface area contributed by atoms with Gasteiger partial charge in [0, 0.05) is 38.8 Å². The summed E-state index contributed by atoms with van der Waals surface area (Å²) >= 11 is 12.0. The summed E-state index contributed by atoms with van der Waals surface area (Å²) in [4.78, 5) is 4.58. The van der Waals surface area contributed by atoms with Crippen LogP contribution in [0.15, 0.2) is 30.3 Å². The molecule has 0 aliphatic carbocycles. The molecule has 0 atom stereocenters. The zero-order chi connectivity index (χ0) is 16.9. The molecule has 7 heteroatoms. The third-order valence-corrected chi connectivity index (χ3v) is 4.56. The third kappa shape index (κ3) is 4.50. The van der Waals surface area contributed by atoms with Gasteiger partial charge in [0.25, 0.3) is 0 Å². The number of halogens is 2. The van der Waals surface area contributed by atoms with Crippen molar-refractivity contribution in [1.29, 1.82) is 0 Å². The zero-order valence-corrected chi connectivity index (χ0v) is 15.1. The number of rotatable bonds is 5. The molecule has 128 valence electrons. The summed E-state index contributed by atoms with van der Waals surface area (Å²) in [7, 11) is 0. The molecule has 0 bridgehead atoms. The maximum Gasteiger partial charge on any atom is 0.175 e. The van der Waals surface area contributed by atoms with Crippen molar-refractivity contribution in [3.63, 3.8) is 0 Å². The van der Waals surface area contributed by atoms with Crippen LogP contribution in [0.25, 0.3) is 0 Å². The fraction of sp³-hybridized carbons (Fsp3) is 0.412. The Kier molecular flexibility index (Phi) is 5.76. The lowest BCUT2D eigenvalue weighted by Gasteiger charge is -2.36. The van der Waals surface area contributed by atoms with Gasteiger partial charge in [-0.3, -0.25) is 4.90 Å². The van der Waals surface area contributed by atoms with Crippen molar-refractivity contribution in [2.45, 2.75) is 6.92 Å². The van der Waals surface area contributed by atoms with E-state index in [9.17, 15) is 0 Å². The van der Waals surface area contributed by atoms with Gasteiger partial charge in [0.05, 0.1) is 5.69 Å². The molecule has 0 saturated carbocycles. The lowest BCUT2D eigenvalue weighted by Crippen LogP contribution is -2.47. The van der Waals surface area contributed by atoms with E-state index < -0.39 is 0 Å². The molecule has 1 saturated heterocycles. The molecule has 2 heterocycles. The van der Waals surface area contributed by atoms with E-state index in [-0.39, 0.29) is 0 Å². The highest BCUT2D eigenvalue weighted by Crippen LogP contribution is 2.26. The van der Waals surface area contributed by atoms with Crippen molar-refractivity contribution < 1.29 is 4.74 Å². The van der Waals surface area contributed by atoms with E-state index in [2.05, 4.69) is 39.1 Å². The fourth-order valence-electron chi connectivity index (χ4n) is 2.71. The lowest BCUT2D eigenvalue weighted by atomic mass is 10.2. The van der Waals surface area contributed by atoms with Gasteiger partial charge in [0.2, 0.25) is 0 Å². The van der Waals surface area contributed by atoms with Crippen LogP contribution in [0.3, 0.4) is 0 Å². The van der Waals surface area contributed by atoms with Crippen LogP contribution in [-0.4, -0.2) is 54.4 Å². The van der Waals surface area contributed by atoms with Crippen LogP contribution in [0.4, 0.5) is 5.69 Å². The van der Waals surface area contributed by atoms with E-state index in [1.807, 2.05) is 12.1 Å². The molecule has 0 unspecified atom stereocenters. The molecule has 2 aromatic rings. The van der Waals surface area contributed by atoms with Gasteiger partial charge in [0.1, 0.15) is 12.4 Å². The van der Waals surface area contributed by atoms with Crippen molar-refractivity contribution in [2.24, 2.45) is 0 Å². The van der Waals surface area contributed by atoms with Crippen molar-refractivity contribution in [2.75, 3.05) is 44.2 Å². The Bertz CT molecular complexity index is 673. The first kappa shape index (κ1) is 17.3. The zero-order valence-electron chi connectivity index (χ0n) is 13.6. The average molecular weight is 367 g/mol. The largest absolute Gasteiger partial charge is 0.492 e. The molecule has 1 aromatic carbocycles. The molecule has 1 aliphatic rings. The number of hydrogen-bond acceptors (Lipinski definition) is 5. The second kappa shape index (κ2) is 8.01. The SMILES string of the molecule is Cc1ccc(OCCN2CCN(c3cc(Cl)nnc3Cl)CC2)cc1. The quantitative estimate of drug-likeness (QED) is 0.811. The molecule has 1 aromatic heterocycles. The Morgan fingerprint density at radius 3 is 2.46 bits per heavy atom. The second-order valence-electron chi connectivity index (χ2n) is 5.83. The van der Waals surface area contributed by atoms with Crippen LogP contribution < -0.4 is 9.64 Å². The molecule has 5 nitrogen and oxygen atoms in total.